The van der Waals surface area contributed by atoms with Gasteiger partial charge in [-0.3, -0.25) is 18.7 Å². The Bertz CT molecular complexity index is 2740. The fourth-order valence-electron chi connectivity index (χ4n) is 10.9. The normalized spacial score (nSPS) is 23.0. The number of aromatic amines is 2. The van der Waals surface area contributed by atoms with Gasteiger partial charge in [0.1, 0.15) is 29.5 Å². The largest absolute Gasteiger partial charge is 0.465 e. The van der Waals surface area contributed by atoms with Crippen LogP contribution in [0.15, 0.2) is 54.6 Å². The molecule has 4 aliphatic rings. The van der Waals surface area contributed by atoms with Gasteiger partial charge in [0, 0.05) is 31.9 Å². The minimum atomic E-state index is -2.67. The van der Waals surface area contributed by atoms with E-state index < -0.39 is 40.7 Å². The Kier molecular flexibility index (Phi) is 13.4. The second kappa shape index (κ2) is 19.3. The Morgan fingerprint density at radius 2 is 1.22 bits per heavy atom. The van der Waals surface area contributed by atoms with Crippen LogP contribution in [0.1, 0.15) is 113 Å². The Labute approximate surface area is 401 Å². The quantitative estimate of drug-likeness (QED) is 0.0627. The molecule has 4 aliphatic heterocycles. The maximum absolute atomic E-state index is 16.4. The van der Waals surface area contributed by atoms with E-state index in [9.17, 15) is 33.4 Å². The predicted molar refractivity (Wildman–Crippen MR) is 262 cm³/mol. The van der Waals surface area contributed by atoms with E-state index in [0.29, 0.717) is 62.0 Å². The summed E-state index contributed by atoms with van der Waals surface area (Å²) in [7, 11) is -1.39. The fraction of sp³-hybridized carbons (Fsp3) is 0.510. The van der Waals surface area contributed by atoms with Crippen LogP contribution in [-0.4, -0.2) is 125 Å². The highest BCUT2D eigenvalue weighted by Gasteiger charge is 2.41. The lowest BCUT2D eigenvalue weighted by molar-refractivity contribution is -0.136. The summed E-state index contributed by atoms with van der Waals surface area (Å²) in [5.41, 5.74) is 6.17. The van der Waals surface area contributed by atoms with Gasteiger partial charge in [0.2, 0.25) is 11.8 Å². The number of anilines is 2. The number of hydrogen-bond donors (Lipinski definition) is 7. The molecule has 0 radical (unpaired) electrons. The number of fused-ring (bicyclic) bond motifs is 2. The molecule has 0 saturated carbocycles. The van der Waals surface area contributed by atoms with Gasteiger partial charge >= 0.3 is 12.2 Å². The van der Waals surface area contributed by atoms with Crippen molar-refractivity contribution in [3.8, 4) is 0 Å². The van der Waals surface area contributed by atoms with E-state index in [-0.39, 0.29) is 59.3 Å². The van der Waals surface area contributed by atoms with Crippen LogP contribution in [0.3, 0.4) is 0 Å². The van der Waals surface area contributed by atoms with Crippen molar-refractivity contribution < 1.29 is 42.5 Å². The lowest BCUT2D eigenvalue weighted by Gasteiger charge is -2.42. The summed E-state index contributed by atoms with van der Waals surface area (Å²) < 4.78 is 41.8. The van der Waals surface area contributed by atoms with E-state index in [1.807, 2.05) is 50.8 Å². The zero-order valence-corrected chi connectivity index (χ0v) is 40.5. The number of carbonyl (C=O) groups is 4. The molecule has 0 unspecified atom stereocenters. The van der Waals surface area contributed by atoms with E-state index in [2.05, 4.69) is 49.8 Å². The molecule has 5 aromatic rings. The summed E-state index contributed by atoms with van der Waals surface area (Å²) in [6.07, 6.45) is 2.51. The molecular formula is C49H63FN10O8S. The van der Waals surface area contributed by atoms with Crippen molar-refractivity contribution in [2.75, 3.05) is 54.6 Å². The molecule has 370 valence electrons. The highest BCUT2D eigenvalue weighted by atomic mass is 32.3. The van der Waals surface area contributed by atoms with Gasteiger partial charge in [-0.2, -0.15) is 10.6 Å². The molecule has 9 rings (SSSR count). The molecule has 3 aromatic carbocycles. The first-order chi connectivity index (χ1) is 33.0. The molecule has 18 nitrogen and oxygen atoms in total. The van der Waals surface area contributed by atoms with Gasteiger partial charge in [0.05, 0.1) is 70.5 Å². The Morgan fingerprint density at radius 3 is 1.68 bits per heavy atom. The third-order valence-electron chi connectivity index (χ3n) is 14.5. The molecule has 2 aromatic heterocycles. The van der Waals surface area contributed by atoms with Crippen LogP contribution < -0.4 is 20.4 Å². The minimum Gasteiger partial charge on any atom is -0.465 e. The number of nitrogens with one attached hydrogen (secondary N) is 4. The Morgan fingerprint density at radius 1 is 0.710 bits per heavy atom. The molecule has 0 spiro atoms. The van der Waals surface area contributed by atoms with Crippen molar-refractivity contribution in [3.05, 3.63) is 83.2 Å². The predicted octanol–water partition coefficient (Wildman–Crippen LogP) is 8.23. The van der Waals surface area contributed by atoms with Gasteiger partial charge < -0.3 is 50.0 Å². The molecule has 20 heteroatoms. The number of alkyl carbamates (subject to hydrolysis) is 1. The first-order valence-corrected chi connectivity index (χ1v) is 25.9. The number of aromatic nitrogens is 4. The highest BCUT2D eigenvalue weighted by molar-refractivity contribution is 8.24. The van der Waals surface area contributed by atoms with Crippen molar-refractivity contribution in [2.45, 2.75) is 102 Å². The number of amides is 4. The number of likely N-dealkylation sites (tertiary alicyclic amines) is 2. The second-order valence-electron chi connectivity index (χ2n) is 19.6. The van der Waals surface area contributed by atoms with Crippen molar-refractivity contribution in [1.82, 2.24) is 40.4 Å². The molecule has 4 amide bonds. The zero-order chi connectivity index (χ0) is 48.9. The van der Waals surface area contributed by atoms with E-state index in [4.69, 9.17) is 14.7 Å². The second-order valence-corrected chi connectivity index (χ2v) is 22.0. The summed E-state index contributed by atoms with van der Waals surface area (Å²) in [5.74, 6) is 0.411. The van der Waals surface area contributed by atoms with Crippen LogP contribution in [0.25, 0.3) is 22.1 Å². The topological polar surface area (TPSA) is 233 Å². The molecular weight excluding hydrogens is 908 g/mol. The van der Waals surface area contributed by atoms with Crippen molar-refractivity contribution in [3.63, 3.8) is 0 Å². The fourth-order valence-corrected chi connectivity index (χ4v) is 12.1. The van der Waals surface area contributed by atoms with E-state index >= 15 is 4.39 Å². The standard InChI is InChI=1S/C49H63FN10O8S/c1-27(2)42(55-48(63)64)46(61)58-18-6-8-40(58)44-51-33-13-10-29(24-35(33)53-44)37-16-17-38(60(37)31-12-15-39(32(50)26-31)57-20-22-69(66,67)23-21-57)30-11-14-34-36(25-30)54-45(52-34)41-9-7-19-59(41)47(62)43(28(3)4)56-49(65)68-5/h10-15,24-28,37-38,40-43,55,66-67H,6-9,16-23H2,1-5H3,(H,51,53)(H,52,54)(H,56,65)(H,63,64)/t37-,38-,40+,41+,42+,43+/m1/s1. The van der Waals surface area contributed by atoms with Crippen LogP contribution in [0.5, 0.6) is 0 Å². The maximum Gasteiger partial charge on any atom is 0.407 e. The first-order valence-electron chi connectivity index (χ1n) is 24.0. The SMILES string of the molecule is COC(=O)N[C@H](C(=O)N1CCC[C@H]1c1nc2ccc([C@H]3CC[C@H](c4ccc5nc([C@@H]6CCCN6C(=O)[C@@H](NC(=O)O)C(C)C)[nH]c5c4)N3c3ccc(N4CCS(O)(O)CC4)c(F)c3)cc2[nH]1)C(C)C. The molecule has 0 bridgehead atoms. The van der Waals surface area contributed by atoms with Crippen LogP contribution in [0.4, 0.5) is 25.4 Å². The van der Waals surface area contributed by atoms with Gasteiger partial charge in [-0.1, -0.05) is 39.8 Å². The number of halogens is 1. The summed E-state index contributed by atoms with van der Waals surface area (Å²) in [6, 6.07) is 14.9. The number of hydrogen-bond acceptors (Lipinski definition) is 11. The maximum atomic E-state index is 16.4. The molecule has 7 N–H and O–H groups in total. The lowest BCUT2D eigenvalue weighted by atomic mass is 10.0. The van der Waals surface area contributed by atoms with Gasteiger partial charge in [0.15, 0.2) is 0 Å². The summed E-state index contributed by atoms with van der Waals surface area (Å²) >= 11 is 0. The third-order valence-corrected chi connectivity index (χ3v) is 16.1. The molecule has 0 aliphatic carbocycles. The smallest absolute Gasteiger partial charge is 0.407 e. The lowest BCUT2D eigenvalue weighted by Crippen LogP contribution is -2.51. The molecule has 69 heavy (non-hydrogen) atoms. The van der Waals surface area contributed by atoms with E-state index in [1.54, 1.807) is 21.9 Å². The van der Waals surface area contributed by atoms with Gasteiger partial charge in [-0.05, 0) is 104 Å². The first kappa shape index (κ1) is 47.9. The number of methoxy groups -OCH3 is 1. The number of imidazole rings is 2. The molecule has 6 heterocycles. The average molecular weight is 971 g/mol. The van der Waals surface area contributed by atoms with Gasteiger partial charge in [-0.25, -0.2) is 23.9 Å². The number of carbonyl (C=O) groups excluding carboxylic acids is 3. The number of ether oxygens (including phenoxy) is 1. The van der Waals surface area contributed by atoms with Crippen LogP contribution in [0.2, 0.25) is 0 Å². The zero-order valence-electron chi connectivity index (χ0n) is 39.7. The van der Waals surface area contributed by atoms with Crippen molar-refractivity contribution >= 4 is 68.0 Å². The Hall–Kier alpha value is -6.12. The average Bonchev–Trinajstić information content (AvgIpc) is 4.18. The summed E-state index contributed by atoms with van der Waals surface area (Å²) in [4.78, 5) is 76.1. The third kappa shape index (κ3) is 9.62. The van der Waals surface area contributed by atoms with Gasteiger partial charge in [-0.15, -0.1) is 0 Å². The minimum absolute atomic E-state index is 0.167. The Balaban J connectivity index is 1.03. The monoisotopic (exact) mass is 970 g/mol. The molecule has 4 saturated heterocycles. The van der Waals surface area contributed by atoms with Crippen LogP contribution >= 0.6 is 10.6 Å². The summed E-state index contributed by atoms with van der Waals surface area (Å²) in [5, 5.41) is 14.6. The molecule has 6 atom stereocenters. The van der Waals surface area contributed by atoms with Gasteiger partial charge in [0.25, 0.3) is 0 Å². The van der Waals surface area contributed by atoms with Crippen molar-refractivity contribution in [1.29, 1.82) is 0 Å². The van der Waals surface area contributed by atoms with Crippen molar-refractivity contribution in [2.24, 2.45) is 11.8 Å². The number of nitrogens with zero attached hydrogens (tertiary/aromatic N) is 6. The number of rotatable bonds is 12. The summed E-state index contributed by atoms with van der Waals surface area (Å²) in [6.45, 7) is 9.10. The van der Waals surface area contributed by atoms with Crippen LogP contribution in [0, 0.1) is 17.7 Å². The van der Waals surface area contributed by atoms with E-state index in [1.165, 1.54) is 7.11 Å². The number of H-pyrrole nitrogens is 2. The number of benzene rings is 3. The number of carboxylic acid groups (broad SMARTS) is 1. The van der Waals surface area contributed by atoms with Crippen LogP contribution in [-0.2, 0) is 14.3 Å². The highest BCUT2D eigenvalue weighted by Crippen LogP contribution is 2.49. The van der Waals surface area contributed by atoms with E-state index in [0.717, 1.165) is 58.9 Å². The molecule has 4 fully saturated rings.